The van der Waals surface area contributed by atoms with Gasteiger partial charge in [-0.15, -0.1) is 0 Å². The molecule has 1 aliphatic carbocycles. The van der Waals surface area contributed by atoms with E-state index in [9.17, 15) is 5.11 Å². The Kier molecular flexibility index (Phi) is 3.72. The van der Waals surface area contributed by atoms with Gasteiger partial charge in [0.1, 0.15) is 5.76 Å². The summed E-state index contributed by atoms with van der Waals surface area (Å²) in [5.74, 6) is 0.938. The number of anilines is 1. The molecule has 0 unspecified atom stereocenters. The molecule has 1 N–H and O–H groups in total. The Bertz CT molecular complexity index is 576. The first-order chi connectivity index (χ1) is 9.65. The summed E-state index contributed by atoms with van der Waals surface area (Å²) in [7, 11) is 0. The normalized spacial score (nSPS) is 16.1. The van der Waals surface area contributed by atoms with Crippen LogP contribution in [0.2, 0.25) is 5.02 Å². The van der Waals surface area contributed by atoms with Crippen LogP contribution >= 0.6 is 11.6 Å². The number of furan rings is 1. The number of hydrogen-bond acceptors (Lipinski definition) is 3. The zero-order chi connectivity index (χ0) is 14.1. The topological polar surface area (TPSA) is 36.6 Å². The van der Waals surface area contributed by atoms with Crippen molar-refractivity contribution in [3.05, 3.63) is 52.9 Å². The van der Waals surface area contributed by atoms with Crippen molar-refractivity contribution in [2.24, 2.45) is 0 Å². The van der Waals surface area contributed by atoms with Gasteiger partial charge in [0.05, 0.1) is 29.6 Å². The molecule has 1 fully saturated rings. The quantitative estimate of drug-likeness (QED) is 0.899. The van der Waals surface area contributed by atoms with Crippen molar-refractivity contribution in [1.82, 2.24) is 0 Å². The second-order valence-electron chi connectivity index (χ2n) is 5.33. The van der Waals surface area contributed by atoms with Gasteiger partial charge in [-0.2, -0.15) is 0 Å². The highest BCUT2D eigenvalue weighted by molar-refractivity contribution is 6.33. The predicted octanol–water partition coefficient (Wildman–Crippen LogP) is 4.16. The van der Waals surface area contributed by atoms with Gasteiger partial charge in [-0.05, 0) is 49.6 Å². The molecule has 1 atom stereocenters. The molecular weight excluding hydrogens is 274 g/mol. The second-order valence-corrected chi connectivity index (χ2v) is 5.73. The summed E-state index contributed by atoms with van der Waals surface area (Å²) in [6.45, 7) is 2.47. The van der Waals surface area contributed by atoms with E-state index in [2.05, 4.69) is 4.90 Å². The van der Waals surface area contributed by atoms with Gasteiger partial charge < -0.3 is 14.4 Å². The molecule has 0 aliphatic heterocycles. The maximum absolute atomic E-state index is 9.62. The Labute approximate surface area is 123 Å². The van der Waals surface area contributed by atoms with E-state index in [1.807, 2.05) is 30.3 Å². The minimum absolute atomic E-state index is 0.499. The monoisotopic (exact) mass is 291 g/mol. The van der Waals surface area contributed by atoms with E-state index in [0.717, 1.165) is 23.6 Å². The maximum Gasteiger partial charge on any atom is 0.123 e. The van der Waals surface area contributed by atoms with Gasteiger partial charge in [0, 0.05) is 6.04 Å². The third-order valence-corrected chi connectivity index (χ3v) is 3.96. The van der Waals surface area contributed by atoms with Crippen molar-refractivity contribution < 1.29 is 9.52 Å². The van der Waals surface area contributed by atoms with Gasteiger partial charge in [-0.3, -0.25) is 0 Å². The van der Waals surface area contributed by atoms with Crippen LogP contribution < -0.4 is 4.90 Å². The molecule has 4 heteroatoms. The molecule has 0 spiro atoms. The maximum atomic E-state index is 9.62. The van der Waals surface area contributed by atoms with Crippen LogP contribution in [0.1, 0.15) is 37.2 Å². The predicted molar refractivity (Wildman–Crippen MR) is 80.0 cm³/mol. The van der Waals surface area contributed by atoms with Crippen LogP contribution in [0.4, 0.5) is 5.69 Å². The molecule has 106 valence electrons. The zero-order valence-corrected chi connectivity index (χ0v) is 12.2. The van der Waals surface area contributed by atoms with Crippen molar-refractivity contribution >= 4 is 17.3 Å². The Morgan fingerprint density at radius 2 is 2.20 bits per heavy atom. The lowest BCUT2D eigenvalue weighted by Gasteiger charge is -2.25. The molecule has 0 bridgehead atoms. The third-order valence-electron chi connectivity index (χ3n) is 3.66. The van der Waals surface area contributed by atoms with Crippen molar-refractivity contribution in [3.8, 4) is 0 Å². The molecule has 1 saturated carbocycles. The second kappa shape index (κ2) is 5.51. The fourth-order valence-electron chi connectivity index (χ4n) is 2.38. The van der Waals surface area contributed by atoms with E-state index in [1.54, 1.807) is 13.2 Å². The first-order valence-electron chi connectivity index (χ1n) is 6.91. The van der Waals surface area contributed by atoms with Crippen LogP contribution in [-0.4, -0.2) is 11.1 Å². The molecule has 0 saturated heterocycles. The van der Waals surface area contributed by atoms with Crippen LogP contribution in [-0.2, 0) is 6.54 Å². The average Bonchev–Trinajstić information content (AvgIpc) is 3.14. The Hall–Kier alpha value is -1.45. The molecule has 1 aliphatic rings. The summed E-state index contributed by atoms with van der Waals surface area (Å²) in [4.78, 5) is 2.28. The summed E-state index contributed by atoms with van der Waals surface area (Å²) in [6, 6.07) is 10.2. The molecule has 1 heterocycles. The Balaban J connectivity index is 1.87. The summed E-state index contributed by atoms with van der Waals surface area (Å²) >= 11 is 6.40. The smallest absolute Gasteiger partial charge is 0.123 e. The van der Waals surface area contributed by atoms with E-state index in [0.29, 0.717) is 11.1 Å². The Morgan fingerprint density at radius 1 is 1.40 bits per heavy atom. The van der Waals surface area contributed by atoms with E-state index in [4.69, 9.17) is 16.0 Å². The van der Waals surface area contributed by atoms with Crippen molar-refractivity contribution in [3.63, 3.8) is 0 Å². The lowest BCUT2D eigenvalue weighted by Crippen LogP contribution is -2.25. The van der Waals surface area contributed by atoms with Crippen molar-refractivity contribution in [2.45, 2.75) is 38.5 Å². The fraction of sp³-hybridized carbons (Fsp3) is 0.375. The van der Waals surface area contributed by atoms with Gasteiger partial charge in [0.25, 0.3) is 0 Å². The number of halogens is 1. The highest BCUT2D eigenvalue weighted by Gasteiger charge is 2.31. The number of aliphatic hydroxyl groups excluding tert-OH is 1. The molecule has 1 aromatic heterocycles. The summed E-state index contributed by atoms with van der Waals surface area (Å²) in [6.07, 6.45) is 3.57. The van der Waals surface area contributed by atoms with Gasteiger partial charge in [0.15, 0.2) is 0 Å². The van der Waals surface area contributed by atoms with Crippen molar-refractivity contribution in [1.29, 1.82) is 0 Å². The summed E-state index contributed by atoms with van der Waals surface area (Å²) in [5.41, 5.74) is 1.85. The molecule has 2 aromatic rings. The first kappa shape index (κ1) is 13.5. The molecule has 0 amide bonds. The zero-order valence-electron chi connectivity index (χ0n) is 11.4. The highest BCUT2D eigenvalue weighted by atomic mass is 35.5. The van der Waals surface area contributed by atoms with Crippen LogP contribution in [0, 0.1) is 0 Å². The van der Waals surface area contributed by atoms with E-state index in [1.165, 1.54) is 12.8 Å². The van der Waals surface area contributed by atoms with E-state index >= 15 is 0 Å². The van der Waals surface area contributed by atoms with Gasteiger partial charge in [-0.1, -0.05) is 17.7 Å². The Morgan fingerprint density at radius 3 is 2.75 bits per heavy atom. The fourth-order valence-corrected chi connectivity index (χ4v) is 2.68. The number of nitrogens with zero attached hydrogens (tertiary/aromatic N) is 1. The van der Waals surface area contributed by atoms with Gasteiger partial charge in [-0.25, -0.2) is 0 Å². The van der Waals surface area contributed by atoms with Crippen LogP contribution in [0.3, 0.4) is 0 Å². The number of hydrogen-bond donors (Lipinski definition) is 1. The van der Waals surface area contributed by atoms with Gasteiger partial charge >= 0.3 is 0 Å². The molecule has 20 heavy (non-hydrogen) atoms. The largest absolute Gasteiger partial charge is 0.467 e. The summed E-state index contributed by atoms with van der Waals surface area (Å²) < 4.78 is 5.44. The minimum Gasteiger partial charge on any atom is -0.467 e. The van der Waals surface area contributed by atoms with Gasteiger partial charge in [0.2, 0.25) is 0 Å². The molecular formula is C16H18ClNO2. The van der Waals surface area contributed by atoms with Crippen LogP contribution in [0.5, 0.6) is 0 Å². The average molecular weight is 292 g/mol. The molecule has 0 radical (unpaired) electrons. The number of benzene rings is 1. The minimum atomic E-state index is -0.499. The summed E-state index contributed by atoms with van der Waals surface area (Å²) in [5, 5.41) is 10.3. The highest BCUT2D eigenvalue weighted by Crippen LogP contribution is 2.37. The first-order valence-corrected chi connectivity index (χ1v) is 7.29. The van der Waals surface area contributed by atoms with Crippen molar-refractivity contribution in [2.75, 3.05) is 4.90 Å². The lowest BCUT2D eigenvalue weighted by atomic mass is 10.1. The number of aliphatic hydroxyl groups is 1. The third kappa shape index (κ3) is 2.84. The molecule has 1 aromatic carbocycles. The molecule has 3 nitrogen and oxygen atoms in total. The SMILES string of the molecule is C[C@H](O)c1ccc(N(Cc2ccco2)C2CC2)c(Cl)c1. The van der Waals surface area contributed by atoms with E-state index < -0.39 is 6.10 Å². The molecule has 3 rings (SSSR count). The number of rotatable bonds is 5. The standard InChI is InChI=1S/C16H18ClNO2/c1-11(19)12-4-7-16(15(17)9-12)18(13-5-6-13)10-14-3-2-8-20-14/h2-4,7-9,11,13,19H,5-6,10H2,1H3/t11-/m0/s1. The van der Waals surface area contributed by atoms with Crippen LogP contribution in [0.25, 0.3) is 0 Å². The van der Waals surface area contributed by atoms with E-state index in [-0.39, 0.29) is 0 Å². The van der Waals surface area contributed by atoms with Crippen LogP contribution in [0.15, 0.2) is 41.0 Å². The lowest BCUT2D eigenvalue weighted by molar-refractivity contribution is 0.199.